The Bertz CT molecular complexity index is 1170. The van der Waals surface area contributed by atoms with Gasteiger partial charge in [0, 0.05) is 21.8 Å². The minimum absolute atomic E-state index is 0.0908. The van der Waals surface area contributed by atoms with Gasteiger partial charge in [-0.25, -0.2) is 4.39 Å². The molecule has 1 fully saturated rings. The first kappa shape index (κ1) is 19.2. The van der Waals surface area contributed by atoms with Crippen LogP contribution in [-0.2, 0) is 21.0 Å². The quantitative estimate of drug-likeness (QED) is 0.580. The first-order valence-electron chi connectivity index (χ1n) is 9.40. The Morgan fingerprint density at radius 1 is 0.967 bits per heavy atom. The van der Waals surface area contributed by atoms with E-state index in [0.717, 1.165) is 5.56 Å². The standard InChI is InChI=1S/C23H16ClFN2O2S/c24-16-9-11-17(12-10-16)27-21(28)14-30-23(27)18-6-2-4-8-20(18)26(22(23)29)13-15-5-1-3-7-19(15)25/h1-12H,13-14H2. The van der Waals surface area contributed by atoms with Gasteiger partial charge in [-0.15, -0.1) is 11.8 Å². The zero-order valence-corrected chi connectivity index (χ0v) is 17.3. The van der Waals surface area contributed by atoms with Crippen LogP contribution >= 0.6 is 23.4 Å². The summed E-state index contributed by atoms with van der Waals surface area (Å²) in [6.45, 7) is 0.0908. The molecule has 7 heteroatoms. The normalized spacial score (nSPS) is 20.3. The molecule has 150 valence electrons. The molecule has 0 aromatic heterocycles. The molecule has 0 bridgehead atoms. The summed E-state index contributed by atoms with van der Waals surface area (Å²) in [5.74, 6) is -0.597. The van der Waals surface area contributed by atoms with Crippen LogP contribution in [0.4, 0.5) is 15.8 Å². The third-order valence-electron chi connectivity index (χ3n) is 5.43. The monoisotopic (exact) mass is 438 g/mol. The molecule has 0 saturated carbocycles. The van der Waals surface area contributed by atoms with Crippen LogP contribution in [0.15, 0.2) is 72.8 Å². The van der Waals surface area contributed by atoms with Crippen LogP contribution in [0.1, 0.15) is 11.1 Å². The van der Waals surface area contributed by atoms with E-state index in [2.05, 4.69) is 0 Å². The number of para-hydroxylation sites is 1. The summed E-state index contributed by atoms with van der Waals surface area (Å²) in [7, 11) is 0. The Morgan fingerprint density at radius 2 is 1.67 bits per heavy atom. The molecule has 1 spiro atoms. The van der Waals surface area contributed by atoms with E-state index in [9.17, 15) is 14.0 Å². The minimum atomic E-state index is -1.22. The molecule has 0 N–H and O–H groups in total. The fourth-order valence-electron chi connectivity index (χ4n) is 4.10. The summed E-state index contributed by atoms with van der Waals surface area (Å²) in [5, 5.41) is 0.548. The third kappa shape index (κ3) is 2.75. The number of fused-ring (bicyclic) bond motifs is 2. The number of benzene rings is 3. The Balaban J connectivity index is 1.65. The third-order valence-corrected chi connectivity index (χ3v) is 7.07. The molecule has 2 heterocycles. The fraction of sp³-hybridized carbons (Fsp3) is 0.130. The van der Waals surface area contributed by atoms with Crippen LogP contribution in [0.25, 0.3) is 0 Å². The molecular weight excluding hydrogens is 423 g/mol. The van der Waals surface area contributed by atoms with Gasteiger partial charge >= 0.3 is 0 Å². The molecule has 2 aliphatic heterocycles. The Kier molecular flexibility index (Phi) is 4.56. The topological polar surface area (TPSA) is 40.6 Å². The molecule has 30 heavy (non-hydrogen) atoms. The molecule has 3 aromatic carbocycles. The van der Waals surface area contributed by atoms with Gasteiger partial charge in [-0.2, -0.15) is 0 Å². The zero-order valence-electron chi connectivity index (χ0n) is 15.7. The SMILES string of the molecule is O=C1CSC2(C(=O)N(Cc3ccccc3F)c3ccccc32)N1c1ccc(Cl)cc1. The van der Waals surface area contributed by atoms with Gasteiger partial charge in [-0.1, -0.05) is 48.0 Å². The zero-order chi connectivity index (χ0) is 20.9. The van der Waals surface area contributed by atoms with Crippen molar-refractivity contribution < 1.29 is 14.0 Å². The highest BCUT2D eigenvalue weighted by molar-refractivity contribution is 8.02. The van der Waals surface area contributed by atoms with Crippen molar-refractivity contribution in [3.8, 4) is 0 Å². The molecule has 4 nitrogen and oxygen atoms in total. The molecular formula is C23H16ClFN2O2S. The molecule has 0 aliphatic carbocycles. The summed E-state index contributed by atoms with van der Waals surface area (Å²) < 4.78 is 14.3. The number of hydrogen-bond acceptors (Lipinski definition) is 3. The lowest BCUT2D eigenvalue weighted by Crippen LogP contribution is -2.49. The summed E-state index contributed by atoms with van der Waals surface area (Å²) in [5.41, 5.74) is 2.44. The minimum Gasteiger partial charge on any atom is -0.304 e. The van der Waals surface area contributed by atoms with E-state index in [1.807, 2.05) is 24.3 Å². The van der Waals surface area contributed by atoms with E-state index >= 15 is 0 Å². The summed E-state index contributed by atoms with van der Waals surface area (Å²) in [4.78, 5) is 28.7. The molecule has 5 rings (SSSR count). The van der Waals surface area contributed by atoms with E-state index in [0.29, 0.717) is 22.0 Å². The van der Waals surface area contributed by atoms with Gasteiger partial charge in [0.2, 0.25) is 10.8 Å². The lowest BCUT2D eigenvalue weighted by atomic mass is 10.0. The largest absolute Gasteiger partial charge is 0.304 e. The van der Waals surface area contributed by atoms with Crippen molar-refractivity contribution in [2.24, 2.45) is 0 Å². The number of carbonyl (C=O) groups is 2. The van der Waals surface area contributed by atoms with Gasteiger partial charge in [-0.3, -0.25) is 14.5 Å². The Labute approximate surface area is 182 Å². The average Bonchev–Trinajstić information content (AvgIpc) is 3.22. The van der Waals surface area contributed by atoms with Crippen molar-refractivity contribution in [1.82, 2.24) is 0 Å². The molecule has 3 aromatic rings. The number of thioether (sulfide) groups is 1. The average molecular weight is 439 g/mol. The smallest absolute Gasteiger partial charge is 0.269 e. The van der Waals surface area contributed by atoms with Gasteiger partial charge in [0.15, 0.2) is 0 Å². The highest BCUT2D eigenvalue weighted by Gasteiger charge is 2.60. The van der Waals surface area contributed by atoms with Gasteiger partial charge in [0.1, 0.15) is 5.82 Å². The number of halogens is 2. The van der Waals surface area contributed by atoms with Crippen molar-refractivity contribution in [3.05, 3.63) is 94.8 Å². The number of carbonyl (C=O) groups excluding carboxylic acids is 2. The first-order chi connectivity index (χ1) is 14.5. The number of amides is 2. The molecule has 1 atom stereocenters. The van der Waals surface area contributed by atoms with Gasteiger partial charge in [0.25, 0.3) is 5.91 Å². The van der Waals surface area contributed by atoms with Crippen molar-refractivity contribution >= 4 is 46.6 Å². The van der Waals surface area contributed by atoms with E-state index in [1.54, 1.807) is 52.3 Å². The van der Waals surface area contributed by atoms with Gasteiger partial charge in [-0.05, 0) is 36.4 Å². The number of rotatable bonds is 3. The van der Waals surface area contributed by atoms with Crippen LogP contribution in [-0.4, -0.2) is 17.6 Å². The highest BCUT2D eigenvalue weighted by Crippen LogP contribution is 2.56. The maximum atomic E-state index is 14.3. The van der Waals surface area contributed by atoms with E-state index in [4.69, 9.17) is 11.6 Å². The maximum absolute atomic E-state index is 14.3. The van der Waals surface area contributed by atoms with E-state index < -0.39 is 4.87 Å². The van der Waals surface area contributed by atoms with Crippen LogP contribution in [0.5, 0.6) is 0 Å². The molecule has 1 unspecified atom stereocenters. The maximum Gasteiger partial charge on any atom is 0.269 e. The number of nitrogens with zero attached hydrogens (tertiary/aromatic N) is 2. The molecule has 2 aliphatic rings. The Morgan fingerprint density at radius 3 is 2.43 bits per heavy atom. The van der Waals surface area contributed by atoms with Gasteiger partial charge in [0.05, 0.1) is 18.0 Å². The summed E-state index contributed by atoms with van der Waals surface area (Å²) in [6, 6.07) is 20.7. The predicted octanol–water partition coefficient (Wildman–Crippen LogP) is 4.96. The van der Waals surface area contributed by atoms with E-state index in [-0.39, 0.29) is 29.9 Å². The second-order valence-corrected chi connectivity index (χ2v) is 8.74. The second kappa shape index (κ2) is 7.15. The van der Waals surface area contributed by atoms with Crippen molar-refractivity contribution in [2.75, 3.05) is 15.6 Å². The molecule has 0 radical (unpaired) electrons. The van der Waals surface area contributed by atoms with Crippen molar-refractivity contribution in [2.45, 2.75) is 11.4 Å². The van der Waals surface area contributed by atoms with Crippen molar-refractivity contribution in [3.63, 3.8) is 0 Å². The lowest BCUT2D eigenvalue weighted by Gasteiger charge is -2.33. The molecule has 2 amide bonds. The lowest BCUT2D eigenvalue weighted by molar-refractivity contribution is -0.123. The van der Waals surface area contributed by atoms with Crippen LogP contribution in [0.2, 0.25) is 5.02 Å². The highest BCUT2D eigenvalue weighted by atomic mass is 35.5. The van der Waals surface area contributed by atoms with Crippen LogP contribution in [0, 0.1) is 5.82 Å². The van der Waals surface area contributed by atoms with Crippen LogP contribution < -0.4 is 9.80 Å². The second-order valence-electron chi connectivity index (χ2n) is 7.14. The summed E-state index contributed by atoms with van der Waals surface area (Å²) >= 11 is 7.32. The molecule has 1 saturated heterocycles. The fourth-order valence-corrected chi connectivity index (χ4v) is 5.59. The van der Waals surface area contributed by atoms with Gasteiger partial charge < -0.3 is 4.90 Å². The number of hydrogen-bond donors (Lipinski definition) is 0. The Hall–Kier alpha value is -2.83. The number of anilines is 2. The predicted molar refractivity (Wildman–Crippen MR) is 117 cm³/mol. The summed E-state index contributed by atoms with van der Waals surface area (Å²) in [6.07, 6.45) is 0. The van der Waals surface area contributed by atoms with E-state index in [1.165, 1.54) is 17.8 Å². The van der Waals surface area contributed by atoms with Crippen LogP contribution in [0.3, 0.4) is 0 Å². The van der Waals surface area contributed by atoms with Crippen molar-refractivity contribution in [1.29, 1.82) is 0 Å². The first-order valence-corrected chi connectivity index (χ1v) is 10.8.